The normalized spacial score (nSPS) is 11.1. The summed E-state index contributed by atoms with van der Waals surface area (Å²) >= 11 is 6.07. The number of carbonyl (C=O) groups excluding carboxylic acids is 1. The van der Waals surface area contributed by atoms with Gasteiger partial charge in [-0.15, -0.1) is 0 Å². The molecule has 0 bridgehead atoms. The van der Waals surface area contributed by atoms with E-state index in [2.05, 4.69) is 5.32 Å². The van der Waals surface area contributed by atoms with Crippen LogP contribution in [-0.4, -0.2) is 33.8 Å². The maximum Gasteiger partial charge on any atom is 0.352 e. The molecule has 0 saturated carbocycles. The average molecular weight is 392 g/mol. The third-order valence-electron chi connectivity index (χ3n) is 3.60. The smallest absolute Gasteiger partial charge is 0.352 e. The second kappa shape index (κ2) is 8.46. The Balaban J connectivity index is 2.09. The predicted octanol–water partition coefficient (Wildman–Crippen LogP) is 2.99. The number of nitrogens with one attached hydrogen (secondary N) is 1. The summed E-state index contributed by atoms with van der Waals surface area (Å²) in [6.45, 7) is 3.20. The quantitative estimate of drug-likeness (QED) is 0.562. The monoisotopic (exact) mass is 391 g/mol. The largest absolute Gasteiger partial charge is 0.508 e. The Kier molecular flexibility index (Phi) is 6.31. The van der Waals surface area contributed by atoms with Crippen LogP contribution in [0.15, 0.2) is 36.0 Å². The molecule has 2 rings (SSSR count). The minimum absolute atomic E-state index is 0.121. The summed E-state index contributed by atoms with van der Waals surface area (Å²) in [5, 5.41) is 31.1. The molecule has 2 aromatic carbocycles. The van der Waals surface area contributed by atoms with E-state index in [-0.39, 0.29) is 17.1 Å². The Labute approximate surface area is 160 Å². The van der Waals surface area contributed by atoms with Crippen LogP contribution in [-0.2, 0) is 9.59 Å². The molecule has 0 spiro atoms. The molecule has 0 radical (unpaired) electrons. The lowest BCUT2D eigenvalue weighted by atomic mass is 10.1. The zero-order valence-electron chi connectivity index (χ0n) is 14.6. The molecule has 0 unspecified atom stereocenters. The van der Waals surface area contributed by atoms with Crippen molar-refractivity contribution in [1.82, 2.24) is 5.32 Å². The van der Waals surface area contributed by atoms with Gasteiger partial charge in [0, 0.05) is 16.7 Å². The van der Waals surface area contributed by atoms with Crippen molar-refractivity contribution in [2.24, 2.45) is 0 Å². The zero-order valence-corrected chi connectivity index (χ0v) is 15.4. The van der Waals surface area contributed by atoms with E-state index >= 15 is 0 Å². The minimum Gasteiger partial charge on any atom is -0.508 e. The van der Waals surface area contributed by atoms with Gasteiger partial charge in [-0.25, -0.2) is 4.79 Å². The summed E-state index contributed by atoms with van der Waals surface area (Å²) in [5.41, 5.74) is 1.26. The molecule has 0 aromatic heterocycles. The van der Waals surface area contributed by atoms with Crippen molar-refractivity contribution in [2.45, 2.75) is 13.8 Å². The Morgan fingerprint density at radius 3 is 2.33 bits per heavy atom. The molecular formula is C19H18ClNO6. The molecule has 0 aliphatic heterocycles. The van der Waals surface area contributed by atoms with Gasteiger partial charge in [0.1, 0.15) is 22.9 Å². The lowest BCUT2D eigenvalue weighted by molar-refractivity contribution is -0.134. The van der Waals surface area contributed by atoms with Crippen LogP contribution in [0, 0.1) is 13.8 Å². The predicted molar refractivity (Wildman–Crippen MR) is 99.9 cm³/mol. The number of halogens is 1. The van der Waals surface area contributed by atoms with Gasteiger partial charge < -0.3 is 25.4 Å². The summed E-state index contributed by atoms with van der Waals surface area (Å²) in [6, 6.07) is 6.99. The zero-order chi connectivity index (χ0) is 20.1. The van der Waals surface area contributed by atoms with Gasteiger partial charge in [0.05, 0.1) is 0 Å². The van der Waals surface area contributed by atoms with Crippen LogP contribution in [0.25, 0.3) is 6.08 Å². The van der Waals surface area contributed by atoms with Crippen molar-refractivity contribution in [1.29, 1.82) is 0 Å². The van der Waals surface area contributed by atoms with Crippen molar-refractivity contribution in [3.05, 3.63) is 57.7 Å². The molecule has 8 heteroatoms. The highest BCUT2D eigenvalue weighted by atomic mass is 35.5. The second-order valence-electron chi connectivity index (χ2n) is 5.81. The van der Waals surface area contributed by atoms with Gasteiger partial charge in [-0.2, -0.15) is 0 Å². The number of carboxylic acids is 1. The van der Waals surface area contributed by atoms with Crippen LogP contribution < -0.4 is 10.1 Å². The van der Waals surface area contributed by atoms with E-state index in [1.807, 2.05) is 0 Å². The molecule has 0 saturated heterocycles. The first-order chi connectivity index (χ1) is 12.7. The van der Waals surface area contributed by atoms with E-state index < -0.39 is 24.2 Å². The molecule has 7 nitrogen and oxygen atoms in total. The fourth-order valence-electron chi connectivity index (χ4n) is 2.29. The van der Waals surface area contributed by atoms with Crippen molar-refractivity contribution >= 4 is 29.6 Å². The first kappa shape index (κ1) is 20.1. The number of phenolic OH excluding ortho intramolecular Hbond substituents is 2. The van der Waals surface area contributed by atoms with E-state index in [0.29, 0.717) is 10.8 Å². The maximum absolute atomic E-state index is 12.0. The summed E-state index contributed by atoms with van der Waals surface area (Å²) in [7, 11) is 0. The highest BCUT2D eigenvalue weighted by Crippen LogP contribution is 2.26. The number of aryl methyl sites for hydroxylation is 2. The number of aromatic hydroxyl groups is 2. The lowest BCUT2D eigenvalue weighted by Gasteiger charge is -2.11. The van der Waals surface area contributed by atoms with Gasteiger partial charge in [-0.05, 0) is 55.3 Å². The molecule has 0 fully saturated rings. The summed E-state index contributed by atoms with van der Waals surface area (Å²) in [5.74, 6) is -2.15. The number of aliphatic carboxylic acids is 1. The van der Waals surface area contributed by atoms with Crippen LogP contribution in [0.5, 0.6) is 17.2 Å². The first-order valence-electron chi connectivity index (χ1n) is 7.83. The van der Waals surface area contributed by atoms with Gasteiger partial charge in [-0.3, -0.25) is 4.79 Å². The van der Waals surface area contributed by atoms with E-state index in [0.717, 1.165) is 23.3 Å². The van der Waals surface area contributed by atoms with Crippen molar-refractivity contribution in [2.75, 3.05) is 6.61 Å². The minimum atomic E-state index is -1.39. The van der Waals surface area contributed by atoms with Crippen LogP contribution >= 0.6 is 11.6 Å². The third kappa shape index (κ3) is 5.39. The van der Waals surface area contributed by atoms with Crippen LogP contribution in [0.2, 0.25) is 5.02 Å². The van der Waals surface area contributed by atoms with Gasteiger partial charge in [0.15, 0.2) is 6.61 Å². The van der Waals surface area contributed by atoms with Crippen molar-refractivity contribution < 1.29 is 29.6 Å². The van der Waals surface area contributed by atoms with Gasteiger partial charge in [-0.1, -0.05) is 11.6 Å². The standard InChI is InChI=1S/C19H18ClNO6/c1-10-5-14(6-11(2)18(10)20)27-9-17(24)21-15(19(25)26)7-12-3-4-13(22)8-16(12)23/h3-8,22-23H,9H2,1-2H3,(H,21,24)(H,25,26)/b15-7+. The molecule has 142 valence electrons. The van der Waals surface area contributed by atoms with Crippen LogP contribution in [0.3, 0.4) is 0 Å². The maximum atomic E-state index is 12.0. The van der Waals surface area contributed by atoms with E-state index in [1.165, 1.54) is 12.1 Å². The Bertz CT molecular complexity index is 899. The molecule has 0 heterocycles. The van der Waals surface area contributed by atoms with Gasteiger partial charge >= 0.3 is 5.97 Å². The first-order valence-corrected chi connectivity index (χ1v) is 8.21. The number of hydrogen-bond acceptors (Lipinski definition) is 5. The third-order valence-corrected chi connectivity index (χ3v) is 4.19. The van der Waals surface area contributed by atoms with Crippen molar-refractivity contribution in [3.8, 4) is 17.2 Å². The molecule has 1 amide bonds. The van der Waals surface area contributed by atoms with E-state index in [9.17, 15) is 24.9 Å². The Morgan fingerprint density at radius 2 is 1.78 bits per heavy atom. The molecule has 0 aliphatic carbocycles. The van der Waals surface area contributed by atoms with Crippen LogP contribution in [0.1, 0.15) is 16.7 Å². The molecule has 2 aromatic rings. The molecule has 0 aliphatic rings. The van der Waals surface area contributed by atoms with Crippen molar-refractivity contribution in [3.63, 3.8) is 0 Å². The van der Waals surface area contributed by atoms with Crippen LogP contribution in [0.4, 0.5) is 0 Å². The summed E-state index contributed by atoms with van der Waals surface area (Å²) in [4.78, 5) is 23.4. The number of carbonyl (C=O) groups is 2. The lowest BCUT2D eigenvalue weighted by Crippen LogP contribution is -2.31. The number of rotatable bonds is 6. The molecule has 0 atom stereocenters. The molecule has 4 N–H and O–H groups in total. The van der Waals surface area contributed by atoms with E-state index in [4.69, 9.17) is 16.3 Å². The average Bonchev–Trinajstić information content (AvgIpc) is 2.59. The Hall–Kier alpha value is -3.19. The number of hydrogen-bond donors (Lipinski definition) is 4. The number of carboxylic acid groups (broad SMARTS) is 1. The molecular weight excluding hydrogens is 374 g/mol. The van der Waals surface area contributed by atoms with Gasteiger partial charge in [0.2, 0.25) is 0 Å². The summed E-state index contributed by atoms with van der Waals surface area (Å²) in [6.07, 6.45) is 1.07. The SMILES string of the molecule is Cc1cc(OCC(=O)N/C(=C/c2ccc(O)cc2O)C(=O)O)cc(C)c1Cl. The number of amides is 1. The topological polar surface area (TPSA) is 116 Å². The summed E-state index contributed by atoms with van der Waals surface area (Å²) < 4.78 is 5.38. The van der Waals surface area contributed by atoms with Gasteiger partial charge in [0.25, 0.3) is 5.91 Å². The Morgan fingerprint density at radius 1 is 1.15 bits per heavy atom. The molecule has 27 heavy (non-hydrogen) atoms. The fourth-order valence-corrected chi connectivity index (χ4v) is 2.39. The van der Waals surface area contributed by atoms with E-state index in [1.54, 1.807) is 26.0 Å². The second-order valence-corrected chi connectivity index (χ2v) is 6.19. The fraction of sp³-hybridized carbons (Fsp3) is 0.158. The highest BCUT2D eigenvalue weighted by Gasteiger charge is 2.14. The highest BCUT2D eigenvalue weighted by molar-refractivity contribution is 6.32. The number of ether oxygens (including phenoxy) is 1. The number of benzene rings is 2. The number of phenols is 2.